The second kappa shape index (κ2) is 10.0. The minimum atomic E-state index is 0.829. The Morgan fingerprint density at radius 2 is 1.73 bits per heavy atom. The molecule has 0 bridgehead atoms. The molecule has 0 atom stereocenters. The molecule has 2 heteroatoms. The summed E-state index contributed by atoms with van der Waals surface area (Å²) < 4.78 is 5.33. The fourth-order valence-electron chi connectivity index (χ4n) is 0.948. The molecule has 0 aliphatic heterocycles. The summed E-state index contributed by atoms with van der Waals surface area (Å²) >= 11 is 0. The molecule has 0 aliphatic carbocycles. The number of hydrogen-bond acceptors (Lipinski definition) is 1. The van der Waals surface area contributed by atoms with E-state index in [9.17, 15) is 0 Å². The van der Waals surface area contributed by atoms with Gasteiger partial charge in [-0.15, -0.1) is 0 Å². The van der Waals surface area contributed by atoms with Gasteiger partial charge in [0.05, 0.1) is 7.85 Å². The maximum absolute atomic E-state index is 5.36. The minimum absolute atomic E-state index is 0.829. The van der Waals surface area contributed by atoms with Gasteiger partial charge in [-0.05, 0) is 12.8 Å². The summed E-state index contributed by atoms with van der Waals surface area (Å²) in [7, 11) is 5.36. The Bertz CT molecular complexity index is 58.6. The first-order valence-corrected chi connectivity index (χ1v) is 4.69. The number of rotatable bonds is 8. The fourth-order valence-corrected chi connectivity index (χ4v) is 0.948. The van der Waals surface area contributed by atoms with E-state index in [1.54, 1.807) is 0 Å². The topological polar surface area (TPSA) is 9.23 Å². The van der Waals surface area contributed by atoms with Crippen molar-refractivity contribution >= 4 is 7.85 Å². The van der Waals surface area contributed by atoms with Gasteiger partial charge in [-0.1, -0.05) is 32.5 Å². The average Bonchev–Trinajstić information content (AvgIpc) is 2.03. The predicted octanol–water partition coefficient (Wildman–Crippen LogP) is 2.56. The smallest absolute Gasteiger partial charge is 0.0653 e. The Morgan fingerprint density at radius 1 is 1.00 bits per heavy atom. The van der Waals surface area contributed by atoms with Gasteiger partial charge >= 0.3 is 0 Å². The molecule has 0 unspecified atom stereocenters. The van der Waals surface area contributed by atoms with Gasteiger partial charge < -0.3 is 4.74 Å². The maximum Gasteiger partial charge on any atom is 0.0653 e. The Morgan fingerprint density at radius 3 is 2.36 bits per heavy atom. The molecule has 0 saturated carbocycles. The van der Waals surface area contributed by atoms with Crippen molar-refractivity contribution in [3.05, 3.63) is 0 Å². The van der Waals surface area contributed by atoms with Crippen LogP contribution in [0.15, 0.2) is 0 Å². The van der Waals surface area contributed by atoms with Crippen LogP contribution in [-0.2, 0) is 4.74 Å². The third-order valence-corrected chi connectivity index (χ3v) is 1.59. The van der Waals surface area contributed by atoms with Crippen molar-refractivity contribution in [2.24, 2.45) is 0 Å². The van der Waals surface area contributed by atoms with Gasteiger partial charge in [0.2, 0.25) is 0 Å². The molecule has 0 aromatic rings. The zero-order chi connectivity index (χ0) is 8.36. The van der Waals surface area contributed by atoms with Crippen LogP contribution in [0, 0.1) is 0 Å². The van der Waals surface area contributed by atoms with Crippen LogP contribution in [0.25, 0.3) is 0 Å². The molecule has 0 heterocycles. The van der Waals surface area contributed by atoms with Crippen LogP contribution in [0.4, 0.5) is 0 Å². The van der Waals surface area contributed by atoms with Gasteiger partial charge in [0.1, 0.15) is 0 Å². The van der Waals surface area contributed by atoms with E-state index in [2.05, 4.69) is 6.92 Å². The van der Waals surface area contributed by atoms with E-state index >= 15 is 0 Å². The molecule has 0 fully saturated rings. The lowest BCUT2D eigenvalue weighted by molar-refractivity contribution is 0.130. The molecular formula is C9H19BO. The van der Waals surface area contributed by atoms with E-state index in [0.717, 1.165) is 32.4 Å². The van der Waals surface area contributed by atoms with Crippen molar-refractivity contribution in [1.29, 1.82) is 0 Å². The van der Waals surface area contributed by atoms with Crippen LogP contribution < -0.4 is 0 Å². The Hall–Kier alpha value is 0.0249. The van der Waals surface area contributed by atoms with E-state index < -0.39 is 0 Å². The lowest BCUT2D eigenvalue weighted by Crippen LogP contribution is -1.95. The largest absolute Gasteiger partial charge is 0.381 e. The van der Waals surface area contributed by atoms with Gasteiger partial charge in [-0.2, -0.15) is 0 Å². The van der Waals surface area contributed by atoms with Gasteiger partial charge in [0, 0.05) is 13.2 Å². The van der Waals surface area contributed by atoms with Gasteiger partial charge in [-0.25, -0.2) is 0 Å². The van der Waals surface area contributed by atoms with Crippen molar-refractivity contribution in [2.75, 3.05) is 13.2 Å². The van der Waals surface area contributed by atoms with Crippen molar-refractivity contribution in [3.8, 4) is 0 Å². The van der Waals surface area contributed by atoms with Crippen molar-refractivity contribution in [2.45, 2.75) is 45.3 Å². The first-order valence-electron chi connectivity index (χ1n) is 4.69. The highest BCUT2D eigenvalue weighted by Gasteiger charge is 1.88. The Labute approximate surface area is 71.9 Å². The van der Waals surface area contributed by atoms with E-state index in [0.29, 0.717) is 0 Å². The molecule has 0 aromatic carbocycles. The molecule has 2 radical (unpaired) electrons. The van der Waals surface area contributed by atoms with E-state index in [-0.39, 0.29) is 0 Å². The molecule has 0 rings (SSSR count). The van der Waals surface area contributed by atoms with Gasteiger partial charge in [-0.3, -0.25) is 0 Å². The Kier molecular flexibility index (Phi) is 10.0. The van der Waals surface area contributed by atoms with E-state index in [4.69, 9.17) is 12.6 Å². The summed E-state index contributed by atoms with van der Waals surface area (Å²) in [5, 5.41) is 0. The molecule has 0 spiro atoms. The molecular weight excluding hydrogens is 135 g/mol. The number of ether oxygens (including phenoxy) is 1. The summed E-state index contributed by atoms with van der Waals surface area (Å²) in [5.41, 5.74) is 0. The third-order valence-electron chi connectivity index (χ3n) is 1.59. The standard InChI is InChI=1S/C9H19BO/c1-2-8-11-9-6-4-3-5-7-10/h2-9H2,1H3. The van der Waals surface area contributed by atoms with Gasteiger partial charge in [0.15, 0.2) is 0 Å². The normalized spacial score (nSPS) is 10.3. The average molecular weight is 154 g/mol. The summed E-state index contributed by atoms with van der Waals surface area (Å²) in [4.78, 5) is 0. The molecule has 0 aliphatic rings. The summed E-state index contributed by atoms with van der Waals surface area (Å²) in [6.07, 6.45) is 6.83. The summed E-state index contributed by atoms with van der Waals surface area (Å²) in [6, 6.07) is 0. The molecule has 1 nitrogen and oxygen atoms in total. The van der Waals surface area contributed by atoms with Crippen molar-refractivity contribution in [1.82, 2.24) is 0 Å². The first kappa shape index (κ1) is 11.0. The monoisotopic (exact) mass is 154 g/mol. The lowest BCUT2D eigenvalue weighted by Gasteiger charge is -2.01. The highest BCUT2D eigenvalue weighted by Crippen LogP contribution is 2.01. The highest BCUT2D eigenvalue weighted by atomic mass is 16.5. The summed E-state index contributed by atoms with van der Waals surface area (Å²) in [5.74, 6) is 0. The second-order valence-corrected chi connectivity index (χ2v) is 2.82. The van der Waals surface area contributed by atoms with Crippen LogP contribution in [0.5, 0.6) is 0 Å². The fraction of sp³-hybridized carbons (Fsp3) is 1.00. The summed E-state index contributed by atoms with van der Waals surface area (Å²) in [6.45, 7) is 3.98. The van der Waals surface area contributed by atoms with Crippen LogP contribution in [0.3, 0.4) is 0 Å². The predicted molar refractivity (Wildman–Crippen MR) is 50.1 cm³/mol. The molecule has 0 N–H and O–H groups in total. The molecule has 64 valence electrons. The Balaban J connectivity index is 2.69. The number of unbranched alkanes of at least 4 members (excludes halogenated alkanes) is 3. The van der Waals surface area contributed by atoms with E-state index in [1.807, 2.05) is 0 Å². The van der Waals surface area contributed by atoms with Crippen LogP contribution >= 0.6 is 0 Å². The van der Waals surface area contributed by atoms with Crippen LogP contribution in [0.2, 0.25) is 6.32 Å². The highest BCUT2D eigenvalue weighted by molar-refractivity contribution is 6.08. The molecule has 0 amide bonds. The zero-order valence-electron chi connectivity index (χ0n) is 7.64. The lowest BCUT2D eigenvalue weighted by atomic mass is 9.99. The third kappa shape index (κ3) is 10.0. The van der Waals surface area contributed by atoms with Crippen LogP contribution in [-0.4, -0.2) is 21.1 Å². The van der Waals surface area contributed by atoms with Crippen LogP contribution in [0.1, 0.15) is 39.0 Å². The minimum Gasteiger partial charge on any atom is -0.381 e. The van der Waals surface area contributed by atoms with Crippen molar-refractivity contribution in [3.63, 3.8) is 0 Å². The second-order valence-electron chi connectivity index (χ2n) is 2.82. The zero-order valence-corrected chi connectivity index (χ0v) is 7.64. The quantitative estimate of drug-likeness (QED) is 0.385. The molecule has 11 heavy (non-hydrogen) atoms. The SMILES string of the molecule is [B]CCCCCCOCCC. The maximum atomic E-state index is 5.36. The van der Waals surface area contributed by atoms with Crippen molar-refractivity contribution < 1.29 is 4.74 Å². The molecule has 0 saturated heterocycles. The molecule has 0 aromatic heterocycles. The van der Waals surface area contributed by atoms with E-state index in [1.165, 1.54) is 19.3 Å². The number of hydrogen-bond donors (Lipinski definition) is 0. The van der Waals surface area contributed by atoms with Gasteiger partial charge in [0.25, 0.3) is 0 Å². The first-order chi connectivity index (χ1) is 5.41.